The minimum absolute atomic E-state index is 0.0316. The number of ether oxygens (including phenoxy) is 2. The molecule has 0 saturated carbocycles. The Hall–Kier alpha value is -2.44. The number of likely N-dealkylation sites (N-methyl/N-ethyl adjacent to an activating group) is 1. The molecule has 2 aromatic rings. The zero-order valence-corrected chi connectivity index (χ0v) is 15.9. The molecular formula is C21H26FNO4. The van der Waals surface area contributed by atoms with E-state index in [2.05, 4.69) is 0 Å². The second-order valence-electron chi connectivity index (χ2n) is 6.38. The molecule has 0 aliphatic carbocycles. The molecule has 0 radical (unpaired) electrons. The zero-order valence-electron chi connectivity index (χ0n) is 15.9. The third kappa shape index (κ3) is 6.34. The van der Waals surface area contributed by atoms with E-state index in [9.17, 15) is 14.3 Å². The van der Waals surface area contributed by atoms with Crippen LogP contribution in [0.25, 0.3) is 0 Å². The molecule has 0 amide bonds. The topological polar surface area (TPSA) is 59.0 Å². The fourth-order valence-corrected chi connectivity index (χ4v) is 2.63. The number of esters is 1. The number of carbonyl (C=O) groups excluding carboxylic acids is 1. The molecule has 5 nitrogen and oxygen atoms in total. The molecule has 1 N–H and O–H groups in total. The maximum atomic E-state index is 13.0. The minimum Gasteiger partial charge on any atom is -0.491 e. The summed E-state index contributed by atoms with van der Waals surface area (Å²) < 4.78 is 23.5. The predicted octanol–water partition coefficient (Wildman–Crippen LogP) is 3.44. The van der Waals surface area contributed by atoms with E-state index in [1.165, 1.54) is 12.1 Å². The number of hydrogen-bond acceptors (Lipinski definition) is 5. The van der Waals surface area contributed by atoms with E-state index in [1.807, 2.05) is 18.9 Å². The van der Waals surface area contributed by atoms with Crippen LogP contribution in [0.15, 0.2) is 48.5 Å². The van der Waals surface area contributed by atoms with Crippen molar-refractivity contribution in [3.8, 4) is 5.75 Å². The summed E-state index contributed by atoms with van der Waals surface area (Å²) in [6.07, 6.45) is -0.692. The Morgan fingerprint density at radius 1 is 1.15 bits per heavy atom. The van der Waals surface area contributed by atoms with Crippen molar-refractivity contribution in [3.05, 3.63) is 65.5 Å². The molecule has 0 aliphatic heterocycles. The van der Waals surface area contributed by atoms with Crippen molar-refractivity contribution in [1.29, 1.82) is 0 Å². The molecule has 2 atom stereocenters. The van der Waals surface area contributed by atoms with E-state index in [4.69, 9.17) is 9.47 Å². The predicted molar refractivity (Wildman–Crippen MR) is 101 cm³/mol. The number of hydrogen-bond donors (Lipinski definition) is 1. The Kier molecular flexibility index (Phi) is 7.76. The summed E-state index contributed by atoms with van der Waals surface area (Å²) in [5, 5.41) is 10.2. The van der Waals surface area contributed by atoms with Gasteiger partial charge in [-0.2, -0.15) is 0 Å². The quantitative estimate of drug-likeness (QED) is 0.681. The Bertz CT molecular complexity index is 718. The molecular weight excluding hydrogens is 349 g/mol. The summed E-state index contributed by atoms with van der Waals surface area (Å²) in [7, 11) is 1.89. The van der Waals surface area contributed by atoms with Gasteiger partial charge in [-0.25, -0.2) is 9.18 Å². The van der Waals surface area contributed by atoms with Gasteiger partial charge in [-0.05, 0) is 62.9 Å². The number of halogens is 1. The Balaban J connectivity index is 1.82. The van der Waals surface area contributed by atoms with Gasteiger partial charge in [0.05, 0.1) is 12.2 Å². The first kappa shape index (κ1) is 20.9. The highest BCUT2D eigenvalue weighted by Crippen LogP contribution is 2.19. The minimum atomic E-state index is -0.692. The van der Waals surface area contributed by atoms with Gasteiger partial charge in [-0.1, -0.05) is 12.1 Å². The van der Waals surface area contributed by atoms with Crippen molar-refractivity contribution in [1.82, 2.24) is 4.90 Å². The normalized spacial score (nSPS) is 13.3. The summed E-state index contributed by atoms with van der Waals surface area (Å²) in [5.74, 6) is -0.0761. The number of rotatable bonds is 9. The van der Waals surface area contributed by atoms with E-state index < -0.39 is 6.10 Å². The molecule has 2 aromatic carbocycles. The second kappa shape index (κ2) is 10.0. The third-order valence-electron chi connectivity index (χ3n) is 4.32. The Morgan fingerprint density at radius 3 is 2.37 bits per heavy atom. The monoisotopic (exact) mass is 375 g/mol. The number of carbonyl (C=O) groups is 1. The van der Waals surface area contributed by atoms with Gasteiger partial charge in [0, 0.05) is 12.6 Å². The summed E-state index contributed by atoms with van der Waals surface area (Å²) in [6.45, 7) is 4.60. The molecule has 0 bridgehead atoms. The van der Waals surface area contributed by atoms with Crippen LogP contribution in [0, 0.1) is 5.82 Å². The largest absolute Gasteiger partial charge is 0.491 e. The maximum absolute atomic E-state index is 13.0. The van der Waals surface area contributed by atoms with Crippen molar-refractivity contribution in [2.24, 2.45) is 0 Å². The maximum Gasteiger partial charge on any atom is 0.338 e. The Morgan fingerprint density at radius 2 is 1.78 bits per heavy atom. The van der Waals surface area contributed by atoms with Crippen LogP contribution in [0.5, 0.6) is 5.75 Å². The average molecular weight is 375 g/mol. The first-order valence-corrected chi connectivity index (χ1v) is 8.94. The fourth-order valence-electron chi connectivity index (χ4n) is 2.63. The van der Waals surface area contributed by atoms with Crippen molar-refractivity contribution >= 4 is 5.97 Å². The summed E-state index contributed by atoms with van der Waals surface area (Å²) >= 11 is 0. The van der Waals surface area contributed by atoms with Crippen LogP contribution in [0.4, 0.5) is 4.39 Å². The van der Waals surface area contributed by atoms with Crippen molar-refractivity contribution in [2.45, 2.75) is 26.0 Å². The van der Waals surface area contributed by atoms with Gasteiger partial charge in [-0.15, -0.1) is 0 Å². The van der Waals surface area contributed by atoms with Gasteiger partial charge in [0.1, 0.15) is 24.3 Å². The van der Waals surface area contributed by atoms with E-state index >= 15 is 0 Å². The van der Waals surface area contributed by atoms with Crippen molar-refractivity contribution in [3.63, 3.8) is 0 Å². The van der Waals surface area contributed by atoms with Gasteiger partial charge in [-0.3, -0.25) is 4.90 Å². The molecule has 6 heteroatoms. The average Bonchev–Trinajstić information content (AvgIpc) is 2.67. The second-order valence-corrected chi connectivity index (χ2v) is 6.38. The van der Waals surface area contributed by atoms with Crippen molar-refractivity contribution < 1.29 is 23.8 Å². The number of aliphatic hydroxyl groups is 1. The smallest absolute Gasteiger partial charge is 0.338 e. The van der Waals surface area contributed by atoms with Crippen LogP contribution in [0.2, 0.25) is 0 Å². The molecule has 2 rings (SSSR count). The van der Waals surface area contributed by atoms with Gasteiger partial charge >= 0.3 is 5.97 Å². The van der Waals surface area contributed by atoms with Gasteiger partial charge in [0.15, 0.2) is 0 Å². The molecule has 27 heavy (non-hydrogen) atoms. The summed E-state index contributed by atoms with van der Waals surface area (Å²) in [4.78, 5) is 13.6. The van der Waals surface area contributed by atoms with Crippen LogP contribution in [-0.2, 0) is 4.74 Å². The lowest BCUT2D eigenvalue weighted by atomic mass is 10.1. The molecule has 0 heterocycles. The van der Waals surface area contributed by atoms with Crippen LogP contribution in [0.3, 0.4) is 0 Å². The Labute approximate surface area is 159 Å². The van der Waals surface area contributed by atoms with E-state index in [1.54, 1.807) is 43.3 Å². The highest BCUT2D eigenvalue weighted by Gasteiger charge is 2.16. The molecule has 0 unspecified atom stereocenters. The lowest BCUT2D eigenvalue weighted by Gasteiger charge is -2.27. The third-order valence-corrected chi connectivity index (χ3v) is 4.32. The van der Waals surface area contributed by atoms with Gasteiger partial charge in [0.2, 0.25) is 0 Å². The summed E-state index contributed by atoms with van der Waals surface area (Å²) in [5.41, 5.74) is 1.43. The standard InChI is InChI=1S/C21H26FNO4/c1-4-26-21(25)17-7-11-20(12-8-17)27-14-19(24)13-23(3)15(2)16-5-9-18(22)10-6-16/h5-12,15,19,24H,4,13-14H2,1-3H3/t15-,19-/m1/s1. The lowest BCUT2D eigenvalue weighted by Crippen LogP contribution is -2.34. The number of benzene rings is 2. The highest BCUT2D eigenvalue weighted by molar-refractivity contribution is 5.89. The SMILES string of the molecule is CCOC(=O)c1ccc(OC[C@H](O)CN(C)[C@H](C)c2ccc(F)cc2)cc1. The number of nitrogens with zero attached hydrogens (tertiary/aromatic N) is 1. The molecule has 0 aliphatic rings. The molecule has 0 saturated heterocycles. The van der Waals surface area contributed by atoms with E-state index in [-0.39, 0.29) is 24.4 Å². The van der Waals surface area contributed by atoms with Crippen LogP contribution < -0.4 is 4.74 Å². The van der Waals surface area contributed by atoms with Crippen LogP contribution >= 0.6 is 0 Å². The highest BCUT2D eigenvalue weighted by atomic mass is 19.1. The zero-order chi connectivity index (χ0) is 19.8. The van der Waals surface area contributed by atoms with Crippen LogP contribution in [-0.4, -0.2) is 48.9 Å². The van der Waals surface area contributed by atoms with Crippen LogP contribution in [0.1, 0.15) is 35.8 Å². The fraction of sp³-hybridized carbons (Fsp3) is 0.381. The number of aliphatic hydroxyl groups excluding tert-OH is 1. The molecule has 0 fully saturated rings. The first-order valence-electron chi connectivity index (χ1n) is 8.94. The van der Waals surface area contributed by atoms with Gasteiger partial charge in [0.25, 0.3) is 0 Å². The summed E-state index contributed by atoms with van der Waals surface area (Å²) in [6, 6.07) is 13.0. The van der Waals surface area contributed by atoms with Crippen molar-refractivity contribution in [2.75, 3.05) is 26.8 Å². The van der Waals surface area contributed by atoms with E-state index in [0.29, 0.717) is 24.5 Å². The lowest BCUT2D eigenvalue weighted by molar-refractivity contribution is 0.0525. The van der Waals surface area contributed by atoms with Gasteiger partial charge < -0.3 is 14.6 Å². The molecule has 146 valence electrons. The molecule has 0 spiro atoms. The molecule has 0 aromatic heterocycles. The van der Waals surface area contributed by atoms with E-state index in [0.717, 1.165) is 5.56 Å². The first-order chi connectivity index (χ1) is 12.9.